The molecule has 32 heavy (non-hydrogen) atoms. The number of thioether (sulfide) groups is 2. The first-order valence-electron chi connectivity index (χ1n) is 11.2. The van der Waals surface area contributed by atoms with E-state index in [1.54, 1.807) is 21.6 Å². The highest BCUT2D eigenvalue weighted by Crippen LogP contribution is 2.38. The zero-order valence-electron chi connectivity index (χ0n) is 18.1. The van der Waals surface area contributed by atoms with E-state index in [1.165, 1.54) is 18.2 Å². The predicted molar refractivity (Wildman–Crippen MR) is 138 cm³/mol. The van der Waals surface area contributed by atoms with Gasteiger partial charge in [0, 0.05) is 36.8 Å². The molecule has 1 aliphatic carbocycles. The van der Waals surface area contributed by atoms with Crippen molar-refractivity contribution in [2.24, 2.45) is 0 Å². The van der Waals surface area contributed by atoms with Gasteiger partial charge in [-0.25, -0.2) is 4.98 Å². The van der Waals surface area contributed by atoms with Gasteiger partial charge < -0.3 is 4.90 Å². The third kappa shape index (κ3) is 3.99. The second-order valence-corrected chi connectivity index (χ2v) is 11.4. The second-order valence-electron chi connectivity index (χ2n) is 8.48. The van der Waals surface area contributed by atoms with Gasteiger partial charge in [0.15, 0.2) is 0 Å². The van der Waals surface area contributed by atoms with E-state index in [2.05, 4.69) is 4.90 Å². The van der Waals surface area contributed by atoms with Crippen LogP contribution in [0.15, 0.2) is 28.0 Å². The highest BCUT2D eigenvalue weighted by atomic mass is 32.2. The van der Waals surface area contributed by atoms with Crippen LogP contribution in [0.3, 0.4) is 0 Å². The van der Waals surface area contributed by atoms with Gasteiger partial charge in [0.25, 0.3) is 11.5 Å². The molecule has 5 rings (SSSR count). The molecule has 0 bridgehead atoms. The maximum atomic E-state index is 13.6. The quantitative estimate of drug-likeness (QED) is 0.478. The molecule has 9 heteroatoms. The fourth-order valence-corrected chi connectivity index (χ4v) is 6.99. The number of nitrogens with zero attached hydrogens (tertiary/aromatic N) is 4. The Balaban J connectivity index is 1.60. The number of fused-ring (bicyclic) bond motifs is 1. The molecule has 0 N–H and O–H groups in total. The molecule has 3 fully saturated rings. The van der Waals surface area contributed by atoms with Gasteiger partial charge in [-0.2, -0.15) is 11.8 Å². The summed E-state index contributed by atoms with van der Waals surface area (Å²) >= 11 is 8.81. The highest BCUT2D eigenvalue weighted by Gasteiger charge is 2.38. The lowest BCUT2D eigenvalue weighted by Gasteiger charge is -2.30. The second kappa shape index (κ2) is 9.19. The van der Waals surface area contributed by atoms with Crippen molar-refractivity contribution in [2.45, 2.75) is 45.1 Å². The van der Waals surface area contributed by atoms with E-state index in [1.807, 2.05) is 30.8 Å². The van der Waals surface area contributed by atoms with Gasteiger partial charge in [0.1, 0.15) is 15.8 Å². The van der Waals surface area contributed by atoms with Crippen molar-refractivity contribution in [2.75, 3.05) is 29.5 Å². The van der Waals surface area contributed by atoms with Crippen molar-refractivity contribution in [3.63, 3.8) is 0 Å². The van der Waals surface area contributed by atoms with Crippen molar-refractivity contribution in [3.8, 4) is 0 Å². The van der Waals surface area contributed by atoms with Crippen LogP contribution in [0.1, 0.15) is 43.2 Å². The number of anilines is 1. The number of hydrogen-bond donors (Lipinski definition) is 0. The topological polar surface area (TPSA) is 57.9 Å². The number of amides is 1. The molecule has 1 amide bonds. The van der Waals surface area contributed by atoms with Crippen LogP contribution < -0.4 is 10.5 Å². The van der Waals surface area contributed by atoms with Gasteiger partial charge in [-0.15, -0.1) is 0 Å². The molecule has 0 aromatic carbocycles. The molecule has 2 aliphatic heterocycles. The Bertz CT molecular complexity index is 1160. The molecule has 0 radical (unpaired) electrons. The smallest absolute Gasteiger partial charge is 0.267 e. The normalized spacial score (nSPS) is 21.8. The van der Waals surface area contributed by atoms with E-state index in [-0.39, 0.29) is 17.5 Å². The van der Waals surface area contributed by atoms with Crippen molar-refractivity contribution in [3.05, 3.63) is 44.7 Å². The largest absolute Gasteiger partial charge is 0.354 e. The van der Waals surface area contributed by atoms with Crippen LogP contribution in [0.25, 0.3) is 11.7 Å². The maximum Gasteiger partial charge on any atom is 0.267 e. The summed E-state index contributed by atoms with van der Waals surface area (Å²) in [6.07, 6.45) is 8.96. The van der Waals surface area contributed by atoms with Crippen LogP contribution in [0.2, 0.25) is 0 Å². The molecule has 2 aromatic rings. The SMILES string of the molecule is Cc1cccn2c(=O)c(/C=C3\SC(=S)N(C4CCCCC4)C3=O)c(N3CCSCC3)nc12. The molecule has 4 heterocycles. The summed E-state index contributed by atoms with van der Waals surface area (Å²) in [5, 5.41) is 0. The molecule has 3 aliphatic rings. The van der Waals surface area contributed by atoms with Crippen LogP contribution in [0, 0.1) is 6.92 Å². The Labute approximate surface area is 201 Å². The van der Waals surface area contributed by atoms with Crippen molar-refractivity contribution >= 4 is 63.5 Å². The van der Waals surface area contributed by atoms with E-state index in [0.29, 0.717) is 26.3 Å². The standard InChI is InChI=1S/C23H26N4O2S3/c1-15-6-5-9-26-19(15)24-20(25-10-12-31-13-11-25)17(21(26)28)14-18-22(29)27(23(30)32-18)16-7-3-2-4-8-16/h5-6,9,14,16H,2-4,7-8,10-13H2,1H3/b18-14-. The lowest BCUT2D eigenvalue weighted by Crippen LogP contribution is -2.39. The first kappa shape index (κ1) is 22.0. The fourth-order valence-electron chi connectivity index (χ4n) is 4.71. The van der Waals surface area contributed by atoms with Gasteiger partial charge in [0.2, 0.25) is 0 Å². The number of aryl methyl sites for hydroxylation is 1. The third-order valence-corrected chi connectivity index (χ3v) is 8.69. The number of carbonyl (C=O) groups is 1. The number of aromatic nitrogens is 2. The molecule has 0 unspecified atom stereocenters. The first-order chi connectivity index (χ1) is 15.5. The Morgan fingerprint density at radius 1 is 1.16 bits per heavy atom. The zero-order valence-corrected chi connectivity index (χ0v) is 20.5. The van der Waals surface area contributed by atoms with Crippen LogP contribution >= 0.6 is 35.7 Å². The predicted octanol–water partition coefficient (Wildman–Crippen LogP) is 4.09. The Kier molecular flexibility index (Phi) is 6.31. The summed E-state index contributed by atoms with van der Waals surface area (Å²) in [6, 6.07) is 4.00. The minimum atomic E-state index is -0.144. The Morgan fingerprint density at radius 2 is 1.91 bits per heavy atom. The molecule has 168 valence electrons. The van der Waals surface area contributed by atoms with Crippen LogP contribution in [-0.2, 0) is 4.79 Å². The van der Waals surface area contributed by atoms with Crippen LogP contribution in [-0.4, -0.2) is 55.1 Å². The molecule has 2 saturated heterocycles. The summed E-state index contributed by atoms with van der Waals surface area (Å²) in [5.41, 5.74) is 1.95. The average molecular weight is 487 g/mol. The lowest BCUT2D eigenvalue weighted by molar-refractivity contribution is -0.124. The highest BCUT2D eigenvalue weighted by molar-refractivity contribution is 8.26. The summed E-state index contributed by atoms with van der Waals surface area (Å²) in [6.45, 7) is 3.64. The fraction of sp³-hybridized carbons (Fsp3) is 0.478. The number of hydrogen-bond acceptors (Lipinski definition) is 7. The van der Waals surface area contributed by atoms with E-state index in [0.717, 1.165) is 55.8 Å². The summed E-state index contributed by atoms with van der Waals surface area (Å²) in [4.78, 5) is 36.3. The van der Waals surface area contributed by atoms with E-state index in [4.69, 9.17) is 17.2 Å². The molecule has 2 aromatic heterocycles. The van der Waals surface area contributed by atoms with Gasteiger partial charge in [-0.3, -0.25) is 18.9 Å². The number of thiocarbonyl (C=S) groups is 1. The molecular weight excluding hydrogens is 460 g/mol. The van der Waals surface area contributed by atoms with E-state index >= 15 is 0 Å². The molecular formula is C23H26N4O2S3. The Hall–Kier alpha value is -1.84. The van der Waals surface area contributed by atoms with Crippen LogP contribution in [0.4, 0.5) is 5.82 Å². The van der Waals surface area contributed by atoms with Crippen molar-refractivity contribution in [1.29, 1.82) is 0 Å². The number of pyridine rings is 1. The number of carbonyl (C=O) groups excluding carboxylic acids is 1. The molecule has 1 saturated carbocycles. The van der Waals surface area contributed by atoms with E-state index in [9.17, 15) is 9.59 Å². The van der Waals surface area contributed by atoms with Crippen molar-refractivity contribution in [1.82, 2.24) is 14.3 Å². The summed E-state index contributed by atoms with van der Waals surface area (Å²) in [5.74, 6) is 2.60. The molecule has 0 atom stereocenters. The summed E-state index contributed by atoms with van der Waals surface area (Å²) in [7, 11) is 0. The van der Waals surface area contributed by atoms with Gasteiger partial charge in [-0.05, 0) is 37.5 Å². The van der Waals surface area contributed by atoms with Crippen molar-refractivity contribution < 1.29 is 4.79 Å². The van der Waals surface area contributed by atoms with Gasteiger partial charge >= 0.3 is 0 Å². The van der Waals surface area contributed by atoms with Gasteiger partial charge in [0.05, 0.1) is 10.5 Å². The summed E-state index contributed by atoms with van der Waals surface area (Å²) < 4.78 is 2.19. The monoisotopic (exact) mass is 486 g/mol. The maximum absolute atomic E-state index is 13.6. The molecule has 6 nitrogen and oxygen atoms in total. The minimum Gasteiger partial charge on any atom is -0.354 e. The average Bonchev–Trinajstić information content (AvgIpc) is 3.10. The zero-order chi connectivity index (χ0) is 22.2. The van der Waals surface area contributed by atoms with E-state index < -0.39 is 0 Å². The lowest BCUT2D eigenvalue weighted by atomic mass is 9.94. The molecule has 0 spiro atoms. The minimum absolute atomic E-state index is 0.0687. The Morgan fingerprint density at radius 3 is 2.66 bits per heavy atom. The van der Waals surface area contributed by atoms with Crippen LogP contribution in [0.5, 0.6) is 0 Å². The number of rotatable bonds is 3. The first-order valence-corrected chi connectivity index (χ1v) is 13.5. The third-order valence-electron chi connectivity index (χ3n) is 6.41. The van der Waals surface area contributed by atoms with Gasteiger partial charge in [-0.1, -0.05) is 49.3 Å².